The van der Waals surface area contributed by atoms with E-state index in [-0.39, 0.29) is 23.1 Å². The van der Waals surface area contributed by atoms with Gasteiger partial charge in [0, 0.05) is 25.3 Å². The zero-order valence-electron chi connectivity index (χ0n) is 11.4. The summed E-state index contributed by atoms with van der Waals surface area (Å²) in [4.78, 5) is 24.2. The normalized spacial score (nSPS) is 25.5. The van der Waals surface area contributed by atoms with Gasteiger partial charge in [-0.3, -0.25) is 14.9 Å². The Bertz CT molecular complexity index is 542. The van der Waals surface area contributed by atoms with E-state index in [1.54, 1.807) is 23.9 Å². The van der Waals surface area contributed by atoms with Gasteiger partial charge in [-0.05, 0) is 30.5 Å². The Kier molecular flexibility index (Phi) is 4.12. The van der Waals surface area contributed by atoms with Gasteiger partial charge in [0.1, 0.15) is 5.37 Å². The monoisotopic (exact) mass is 308 g/mol. The lowest BCUT2D eigenvalue weighted by Gasteiger charge is -2.26. The molecule has 3 rings (SSSR count). The molecule has 2 heterocycles. The number of hydrogen-bond acceptors (Lipinski definition) is 5. The highest BCUT2D eigenvalue weighted by Gasteiger charge is 2.35. The first kappa shape index (κ1) is 14.3. The van der Waals surface area contributed by atoms with Crippen molar-refractivity contribution >= 4 is 23.4 Å². The van der Waals surface area contributed by atoms with E-state index in [9.17, 15) is 14.9 Å². The van der Waals surface area contributed by atoms with Crippen LogP contribution in [0.5, 0.6) is 0 Å². The van der Waals surface area contributed by atoms with E-state index in [0.717, 1.165) is 25.0 Å². The van der Waals surface area contributed by atoms with Gasteiger partial charge in [-0.1, -0.05) is 0 Å². The van der Waals surface area contributed by atoms with Crippen molar-refractivity contribution in [3.8, 4) is 0 Å². The van der Waals surface area contributed by atoms with Crippen molar-refractivity contribution in [1.82, 2.24) is 4.90 Å². The number of non-ortho nitro benzene ring substituents is 1. The standard InChI is InChI=1S/C14H16N2O4S/c17-13-9-21-14(15(13)8-12-2-1-7-20-12)10-3-5-11(6-4-10)16(18)19/h3-6,12,14H,1-2,7-9H2/t12-,14-/m0/s1. The molecule has 1 aromatic carbocycles. The Labute approximate surface area is 126 Å². The lowest BCUT2D eigenvalue weighted by atomic mass is 10.1. The fourth-order valence-corrected chi connectivity index (χ4v) is 3.90. The first-order chi connectivity index (χ1) is 10.1. The summed E-state index contributed by atoms with van der Waals surface area (Å²) in [6.45, 7) is 1.37. The molecule has 0 spiro atoms. The molecular formula is C14H16N2O4S. The van der Waals surface area contributed by atoms with Crippen molar-refractivity contribution in [2.75, 3.05) is 18.9 Å². The lowest BCUT2D eigenvalue weighted by Crippen LogP contribution is -2.35. The van der Waals surface area contributed by atoms with E-state index < -0.39 is 4.92 Å². The molecule has 0 aliphatic carbocycles. The van der Waals surface area contributed by atoms with Crippen LogP contribution in [0.3, 0.4) is 0 Å². The van der Waals surface area contributed by atoms with Crippen LogP contribution in [0, 0.1) is 10.1 Å². The molecule has 112 valence electrons. The molecule has 0 bridgehead atoms. The van der Waals surface area contributed by atoms with Gasteiger partial charge in [-0.25, -0.2) is 0 Å². The van der Waals surface area contributed by atoms with E-state index in [1.165, 1.54) is 12.1 Å². The van der Waals surface area contributed by atoms with Gasteiger partial charge < -0.3 is 9.64 Å². The third-order valence-corrected chi connectivity index (χ3v) is 5.04. The van der Waals surface area contributed by atoms with Crippen LogP contribution in [0.15, 0.2) is 24.3 Å². The third-order valence-electron chi connectivity index (χ3n) is 3.78. The molecule has 1 amide bonds. The SMILES string of the molecule is O=C1CS[C@@H](c2ccc([N+](=O)[O-])cc2)N1C[C@@H]1CCCO1. The average molecular weight is 308 g/mol. The minimum Gasteiger partial charge on any atom is -0.376 e. The zero-order chi connectivity index (χ0) is 14.8. The molecule has 0 aromatic heterocycles. The number of nitro benzene ring substituents is 1. The number of nitrogens with zero attached hydrogens (tertiary/aromatic N) is 2. The Morgan fingerprint density at radius 1 is 1.38 bits per heavy atom. The zero-order valence-corrected chi connectivity index (χ0v) is 12.3. The minimum absolute atomic E-state index is 0.0671. The summed E-state index contributed by atoms with van der Waals surface area (Å²) in [5.41, 5.74) is 0.994. The summed E-state index contributed by atoms with van der Waals surface area (Å²) in [5, 5.41) is 10.6. The third kappa shape index (κ3) is 3.03. The van der Waals surface area contributed by atoms with Crippen molar-refractivity contribution in [3.63, 3.8) is 0 Å². The second kappa shape index (κ2) is 6.03. The number of amides is 1. The number of rotatable bonds is 4. The highest BCUT2D eigenvalue weighted by atomic mass is 32.2. The van der Waals surface area contributed by atoms with Crippen LogP contribution >= 0.6 is 11.8 Å². The smallest absolute Gasteiger partial charge is 0.269 e. The first-order valence-corrected chi connectivity index (χ1v) is 7.97. The molecule has 0 radical (unpaired) electrons. The summed E-state index contributed by atoms with van der Waals surface area (Å²) in [6.07, 6.45) is 2.15. The van der Waals surface area contributed by atoms with Crippen molar-refractivity contribution < 1.29 is 14.5 Å². The number of thioether (sulfide) groups is 1. The van der Waals surface area contributed by atoms with Crippen LogP contribution in [-0.4, -0.2) is 40.7 Å². The number of carbonyl (C=O) groups is 1. The number of ether oxygens (including phenoxy) is 1. The quantitative estimate of drug-likeness (QED) is 0.630. The average Bonchev–Trinajstić information content (AvgIpc) is 3.11. The van der Waals surface area contributed by atoms with Gasteiger partial charge in [0.2, 0.25) is 5.91 Å². The summed E-state index contributed by atoms with van der Waals surface area (Å²) < 4.78 is 5.61. The molecule has 0 N–H and O–H groups in total. The summed E-state index contributed by atoms with van der Waals surface area (Å²) >= 11 is 1.56. The van der Waals surface area contributed by atoms with Crippen LogP contribution in [0.1, 0.15) is 23.8 Å². The van der Waals surface area contributed by atoms with Gasteiger partial charge in [0.25, 0.3) is 5.69 Å². The predicted molar refractivity (Wildman–Crippen MR) is 79.0 cm³/mol. The second-order valence-corrected chi connectivity index (χ2v) is 6.26. The predicted octanol–water partition coefficient (Wildman–Crippen LogP) is 2.35. The molecule has 2 atom stereocenters. The molecule has 7 heteroatoms. The largest absolute Gasteiger partial charge is 0.376 e. The van der Waals surface area contributed by atoms with E-state index in [1.807, 2.05) is 4.90 Å². The van der Waals surface area contributed by atoms with Gasteiger partial charge >= 0.3 is 0 Å². The molecule has 1 aromatic rings. The van der Waals surface area contributed by atoms with E-state index in [4.69, 9.17) is 4.74 Å². The maximum absolute atomic E-state index is 12.1. The molecule has 2 aliphatic rings. The lowest BCUT2D eigenvalue weighted by molar-refractivity contribution is -0.384. The maximum Gasteiger partial charge on any atom is 0.269 e. The van der Waals surface area contributed by atoms with E-state index in [2.05, 4.69) is 0 Å². The highest BCUT2D eigenvalue weighted by molar-refractivity contribution is 8.00. The molecule has 0 saturated carbocycles. The summed E-state index contributed by atoms with van der Waals surface area (Å²) in [7, 11) is 0. The van der Waals surface area contributed by atoms with E-state index in [0.29, 0.717) is 12.3 Å². The molecule has 21 heavy (non-hydrogen) atoms. The fraction of sp³-hybridized carbons (Fsp3) is 0.500. The van der Waals surface area contributed by atoms with Crippen LogP contribution in [-0.2, 0) is 9.53 Å². The minimum atomic E-state index is -0.416. The Morgan fingerprint density at radius 3 is 2.76 bits per heavy atom. The van der Waals surface area contributed by atoms with Crippen LogP contribution in [0.2, 0.25) is 0 Å². The van der Waals surface area contributed by atoms with Crippen LogP contribution in [0.25, 0.3) is 0 Å². The molecular weight excluding hydrogens is 292 g/mol. The Hall–Kier alpha value is -1.60. The highest BCUT2D eigenvalue weighted by Crippen LogP contribution is 2.39. The molecule has 2 fully saturated rings. The number of hydrogen-bond donors (Lipinski definition) is 0. The van der Waals surface area contributed by atoms with Crippen molar-refractivity contribution in [3.05, 3.63) is 39.9 Å². The van der Waals surface area contributed by atoms with E-state index >= 15 is 0 Å². The van der Waals surface area contributed by atoms with Crippen LogP contribution < -0.4 is 0 Å². The van der Waals surface area contributed by atoms with Gasteiger partial charge in [0.15, 0.2) is 0 Å². The van der Waals surface area contributed by atoms with Crippen molar-refractivity contribution in [2.45, 2.75) is 24.3 Å². The Balaban J connectivity index is 1.75. The topological polar surface area (TPSA) is 72.7 Å². The summed E-state index contributed by atoms with van der Waals surface area (Å²) in [5.74, 6) is 0.563. The molecule has 2 aliphatic heterocycles. The second-order valence-electron chi connectivity index (χ2n) is 5.19. The molecule has 0 unspecified atom stereocenters. The molecule has 6 nitrogen and oxygen atoms in total. The van der Waals surface area contributed by atoms with Gasteiger partial charge in [-0.2, -0.15) is 0 Å². The first-order valence-electron chi connectivity index (χ1n) is 6.92. The number of nitro groups is 1. The van der Waals surface area contributed by atoms with Crippen molar-refractivity contribution in [1.29, 1.82) is 0 Å². The van der Waals surface area contributed by atoms with Gasteiger partial charge in [-0.15, -0.1) is 11.8 Å². The maximum atomic E-state index is 12.1. The van der Waals surface area contributed by atoms with Crippen LogP contribution in [0.4, 0.5) is 5.69 Å². The fourth-order valence-electron chi connectivity index (χ4n) is 2.70. The molecule has 2 saturated heterocycles. The number of carbonyl (C=O) groups excluding carboxylic acids is 1. The summed E-state index contributed by atoms with van der Waals surface area (Å²) in [6, 6.07) is 6.44. The number of benzene rings is 1. The van der Waals surface area contributed by atoms with Gasteiger partial charge in [0.05, 0.1) is 16.8 Å². The Morgan fingerprint density at radius 2 is 2.14 bits per heavy atom. The van der Waals surface area contributed by atoms with Crippen molar-refractivity contribution in [2.24, 2.45) is 0 Å².